The second kappa shape index (κ2) is 9.66. The van der Waals surface area contributed by atoms with Crippen LogP contribution in [-0.4, -0.2) is 50.3 Å². The van der Waals surface area contributed by atoms with Gasteiger partial charge in [-0.2, -0.15) is 0 Å². The standard InChI is InChI=1S/C21H25ClN2O4/c1-3-24(4-2)9-10-26-17-7-5-16(6-8-17)23-21(25)15-13-18(22)20-19(14-15)27-11-12-28-20/h5-8,13-14H,3-4,9-12H2,1-2H3,(H,23,25). The Balaban J connectivity index is 1.58. The number of nitrogens with zero attached hydrogens (tertiary/aromatic N) is 1. The van der Waals surface area contributed by atoms with Gasteiger partial charge in [0.2, 0.25) is 0 Å². The van der Waals surface area contributed by atoms with Crippen molar-refractivity contribution >= 4 is 23.2 Å². The first-order valence-electron chi connectivity index (χ1n) is 9.46. The van der Waals surface area contributed by atoms with Gasteiger partial charge in [-0.05, 0) is 49.5 Å². The predicted octanol–water partition coefficient (Wildman–Crippen LogP) is 4.08. The van der Waals surface area contributed by atoms with E-state index in [-0.39, 0.29) is 5.91 Å². The van der Waals surface area contributed by atoms with Crippen molar-refractivity contribution in [3.05, 3.63) is 47.0 Å². The van der Waals surface area contributed by atoms with E-state index < -0.39 is 0 Å². The molecular formula is C21H25ClN2O4. The molecule has 0 bridgehead atoms. The molecule has 0 aromatic heterocycles. The second-order valence-corrected chi connectivity index (χ2v) is 6.74. The summed E-state index contributed by atoms with van der Waals surface area (Å²) in [6.45, 7) is 8.68. The molecule has 3 rings (SSSR count). The lowest BCUT2D eigenvalue weighted by Crippen LogP contribution is -2.27. The average Bonchev–Trinajstić information content (AvgIpc) is 2.72. The minimum Gasteiger partial charge on any atom is -0.492 e. The zero-order valence-corrected chi connectivity index (χ0v) is 16.9. The van der Waals surface area contributed by atoms with Crippen molar-refractivity contribution in [2.75, 3.05) is 44.8 Å². The number of amides is 1. The van der Waals surface area contributed by atoms with Gasteiger partial charge >= 0.3 is 0 Å². The number of fused-ring (bicyclic) bond motifs is 1. The first kappa shape index (κ1) is 20.3. The lowest BCUT2D eigenvalue weighted by atomic mass is 10.1. The third kappa shape index (κ3) is 5.09. The zero-order valence-electron chi connectivity index (χ0n) is 16.2. The van der Waals surface area contributed by atoms with E-state index in [0.717, 1.165) is 25.4 Å². The van der Waals surface area contributed by atoms with Crippen molar-refractivity contribution in [1.82, 2.24) is 4.90 Å². The van der Waals surface area contributed by atoms with Crippen molar-refractivity contribution in [2.24, 2.45) is 0 Å². The molecule has 150 valence electrons. The maximum atomic E-state index is 12.5. The van der Waals surface area contributed by atoms with Crippen LogP contribution >= 0.6 is 11.6 Å². The Kier molecular flexibility index (Phi) is 7.01. The number of halogens is 1. The number of hydrogen-bond donors (Lipinski definition) is 1. The molecule has 1 amide bonds. The van der Waals surface area contributed by atoms with E-state index in [0.29, 0.717) is 47.6 Å². The Morgan fingerprint density at radius 1 is 1.14 bits per heavy atom. The quantitative estimate of drug-likeness (QED) is 0.718. The van der Waals surface area contributed by atoms with Crippen molar-refractivity contribution < 1.29 is 19.0 Å². The molecule has 0 saturated carbocycles. The van der Waals surface area contributed by atoms with Gasteiger partial charge in [-0.1, -0.05) is 25.4 Å². The zero-order chi connectivity index (χ0) is 19.9. The summed E-state index contributed by atoms with van der Waals surface area (Å²) in [5.41, 5.74) is 1.08. The van der Waals surface area contributed by atoms with Crippen LogP contribution in [0.15, 0.2) is 36.4 Å². The monoisotopic (exact) mass is 404 g/mol. The number of benzene rings is 2. The van der Waals surface area contributed by atoms with Gasteiger partial charge in [0.1, 0.15) is 25.6 Å². The van der Waals surface area contributed by atoms with Crippen LogP contribution in [0.1, 0.15) is 24.2 Å². The molecule has 6 nitrogen and oxygen atoms in total. The van der Waals surface area contributed by atoms with Gasteiger partial charge in [-0.15, -0.1) is 0 Å². The fourth-order valence-electron chi connectivity index (χ4n) is 2.91. The highest BCUT2D eigenvalue weighted by Gasteiger charge is 2.19. The van der Waals surface area contributed by atoms with E-state index in [1.807, 2.05) is 24.3 Å². The highest BCUT2D eigenvalue weighted by atomic mass is 35.5. The molecule has 2 aromatic carbocycles. The lowest BCUT2D eigenvalue weighted by molar-refractivity contribution is 0.102. The number of anilines is 1. The van der Waals surface area contributed by atoms with E-state index in [1.165, 1.54) is 0 Å². The van der Waals surface area contributed by atoms with E-state index in [4.69, 9.17) is 25.8 Å². The number of nitrogens with one attached hydrogen (secondary N) is 1. The van der Waals surface area contributed by atoms with E-state index in [2.05, 4.69) is 24.1 Å². The lowest BCUT2D eigenvalue weighted by Gasteiger charge is -2.20. The van der Waals surface area contributed by atoms with Crippen molar-refractivity contribution in [1.29, 1.82) is 0 Å². The number of rotatable bonds is 8. The molecule has 0 unspecified atom stereocenters. The van der Waals surface area contributed by atoms with Gasteiger partial charge in [0.25, 0.3) is 5.91 Å². The summed E-state index contributed by atoms with van der Waals surface area (Å²) in [6.07, 6.45) is 0. The van der Waals surface area contributed by atoms with Crippen LogP contribution in [0.4, 0.5) is 5.69 Å². The van der Waals surface area contributed by atoms with Crippen LogP contribution in [-0.2, 0) is 0 Å². The van der Waals surface area contributed by atoms with Gasteiger partial charge in [-0.25, -0.2) is 0 Å². The van der Waals surface area contributed by atoms with E-state index >= 15 is 0 Å². The maximum absolute atomic E-state index is 12.5. The summed E-state index contributed by atoms with van der Waals surface area (Å²) in [4.78, 5) is 14.8. The molecule has 0 radical (unpaired) electrons. The molecule has 7 heteroatoms. The van der Waals surface area contributed by atoms with Crippen LogP contribution in [0.5, 0.6) is 17.2 Å². The molecule has 0 saturated heterocycles. The van der Waals surface area contributed by atoms with Crippen LogP contribution < -0.4 is 19.5 Å². The van der Waals surface area contributed by atoms with E-state index in [1.54, 1.807) is 12.1 Å². The number of carbonyl (C=O) groups excluding carboxylic acids is 1. The first-order valence-corrected chi connectivity index (χ1v) is 9.84. The summed E-state index contributed by atoms with van der Waals surface area (Å²) >= 11 is 6.20. The third-order valence-electron chi connectivity index (χ3n) is 4.54. The molecule has 1 aliphatic heterocycles. The van der Waals surface area contributed by atoms with Gasteiger partial charge < -0.3 is 24.4 Å². The highest BCUT2D eigenvalue weighted by molar-refractivity contribution is 6.32. The second-order valence-electron chi connectivity index (χ2n) is 6.34. The molecule has 1 N–H and O–H groups in total. The average molecular weight is 405 g/mol. The third-order valence-corrected chi connectivity index (χ3v) is 4.82. The Labute approximate surface area is 170 Å². The molecule has 0 spiro atoms. The normalized spacial score (nSPS) is 12.7. The molecule has 0 fully saturated rings. The SMILES string of the molecule is CCN(CC)CCOc1ccc(NC(=O)c2cc(Cl)c3c(c2)OCCO3)cc1. The Morgan fingerprint density at radius 2 is 1.86 bits per heavy atom. The van der Waals surface area contributed by atoms with Gasteiger partial charge in [-0.3, -0.25) is 4.79 Å². The fourth-order valence-corrected chi connectivity index (χ4v) is 3.18. The largest absolute Gasteiger partial charge is 0.492 e. The molecule has 1 heterocycles. The Bertz CT molecular complexity index is 807. The first-order chi connectivity index (χ1) is 13.6. The molecule has 0 atom stereocenters. The highest BCUT2D eigenvalue weighted by Crippen LogP contribution is 2.38. The fraction of sp³-hybridized carbons (Fsp3) is 0.381. The number of ether oxygens (including phenoxy) is 3. The van der Waals surface area contributed by atoms with Crippen molar-refractivity contribution in [3.63, 3.8) is 0 Å². The molecule has 0 aliphatic carbocycles. The van der Waals surface area contributed by atoms with Crippen molar-refractivity contribution in [2.45, 2.75) is 13.8 Å². The van der Waals surface area contributed by atoms with Crippen LogP contribution in [0.2, 0.25) is 5.02 Å². The molecule has 28 heavy (non-hydrogen) atoms. The maximum Gasteiger partial charge on any atom is 0.255 e. The van der Waals surface area contributed by atoms with Crippen LogP contribution in [0.3, 0.4) is 0 Å². The topological polar surface area (TPSA) is 60.0 Å². The molecule has 2 aromatic rings. The summed E-state index contributed by atoms with van der Waals surface area (Å²) in [6, 6.07) is 10.5. The summed E-state index contributed by atoms with van der Waals surface area (Å²) in [5.74, 6) is 1.47. The van der Waals surface area contributed by atoms with Crippen LogP contribution in [0.25, 0.3) is 0 Å². The number of likely N-dealkylation sites (N-methyl/N-ethyl adjacent to an activating group) is 1. The minimum absolute atomic E-state index is 0.269. The predicted molar refractivity (Wildman–Crippen MR) is 110 cm³/mol. The summed E-state index contributed by atoms with van der Waals surface area (Å²) in [5, 5.41) is 3.21. The smallest absolute Gasteiger partial charge is 0.255 e. The number of carbonyl (C=O) groups is 1. The minimum atomic E-state index is -0.269. The van der Waals surface area contributed by atoms with E-state index in [9.17, 15) is 4.79 Å². The summed E-state index contributed by atoms with van der Waals surface area (Å²) < 4.78 is 16.8. The van der Waals surface area contributed by atoms with Gasteiger partial charge in [0.05, 0.1) is 5.02 Å². The molecular weight excluding hydrogens is 380 g/mol. The van der Waals surface area contributed by atoms with Gasteiger partial charge in [0, 0.05) is 17.8 Å². The summed E-state index contributed by atoms with van der Waals surface area (Å²) in [7, 11) is 0. The van der Waals surface area contributed by atoms with Gasteiger partial charge in [0.15, 0.2) is 11.5 Å². The van der Waals surface area contributed by atoms with Crippen molar-refractivity contribution in [3.8, 4) is 17.2 Å². The Morgan fingerprint density at radius 3 is 2.57 bits per heavy atom. The molecule has 1 aliphatic rings. The number of hydrogen-bond acceptors (Lipinski definition) is 5. The Hall–Kier alpha value is -2.44. The van der Waals surface area contributed by atoms with Crippen LogP contribution in [0, 0.1) is 0 Å².